The van der Waals surface area contributed by atoms with Crippen LogP contribution < -0.4 is 9.08 Å². The number of benzene rings is 2. The summed E-state index contributed by atoms with van der Waals surface area (Å²) in [6, 6.07) is 11.0. The number of carbonyl (C=O) groups is 2. The molecule has 1 amide bonds. The summed E-state index contributed by atoms with van der Waals surface area (Å²) in [4.78, 5) is 28.7. The number of nitrogens with zero attached hydrogens (tertiary/aromatic N) is 2. The maximum Gasteiger partial charge on any atom is 0.340 e. The van der Waals surface area contributed by atoms with E-state index in [1.807, 2.05) is 40.7 Å². The number of rotatable bonds is 15. The largest absolute Gasteiger partial charge is 0.462 e. The summed E-state index contributed by atoms with van der Waals surface area (Å²) < 4.78 is 43.1. The van der Waals surface area contributed by atoms with Gasteiger partial charge in [-0.05, 0) is 52.3 Å². The molecule has 0 aliphatic heterocycles. The summed E-state index contributed by atoms with van der Waals surface area (Å²) in [5.41, 5.74) is 1.19. The number of ether oxygens (including phenoxy) is 2. The lowest BCUT2D eigenvalue weighted by molar-refractivity contribution is -0.137. The van der Waals surface area contributed by atoms with E-state index in [9.17, 15) is 18.0 Å². The molecule has 2 aromatic carbocycles. The molecule has 9 nitrogen and oxygen atoms in total. The summed E-state index contributed by atoms with van der Waals surface area (Å²) in [5.74, 6) is -0.877. The van der Waals surface area contributed by atoms with Gasteiger partial charge < -0.3 is 23.5 Å². The van der Waals surface area contributed by atoms with Gasteiger partial charge in [-0.2, -0.15) is 8.42 Å². The molecule has 0 saturated carbocycles. The molecule has 0 fully saturated rings. The van der Waals surface area contributed by atoms with Crippen molar-refractivity contribution in [2.75, 3.05) is 38.3 Å². The van der Waals surface area contributed by atoms with Crippen LogP contribution in [0.3, 0.4) is 0 Å². The third-order valence-electron chi connectivity index (χ3n) is 6.04. The summed E-state index contributed by atoms with van der Waals surface area (Å²) in [5, 5.41) is 0. The van der Waals surface area contributed by atoms with Crippen LogP contribution in [0.5, 0.6) is 5.75 Å². The highest BCUT2D eigenvalue weighted by Gasteiger charge is 2.27. The van der Waals surface area contributed by atoms with Gasteiger partial charge in [0.1, 0.15) is 17.3 Å². The van der Waals surface area contributed by atoms with Crippen molar-refractivity contribution in [1.82, 2.24) is 4.90 Å². The molecule has 10 heteroatoms. The number of amides is 1. The van der Waals surface area contributed by atoms with Gasteiger partial charge in [0.2, 0.25) is 5.91 Å². The van der Waals surface area contributed by atoms with Gasteiger partial charge in [-0.3, -0.25) is 4.79 Å². The highest BCUT2D eigenvalue weighted by Crippen LogP contribution is 2.31. The van der Waals surface area contributed by atoms with Gasteiger partial charge in [0.05, 0.1) is 12.2 Å². The van der Waals surface area contributed by atoms with Gasteiger partial charge in [0.25, 0.3) is 0 Å². The van der Waals surface area contributed by atoms with E-state index in [0.29, 0.717) is 25.1 Å². The lowest BCUT2D eigenvalue weighted by Gasteiger charge is -2.28. The van der Waals surface area contributed by atoms with Crippen molar-refractivity contribution in [2.24, 2.45) is 0 Å². The lowest BCUT2D eigenvalue weighted by atomic mass is 10.1. The normalized spacial score (nSPS) is 11.3. The van der Waals surface area contributed by atoms with Crippen molar-refractivity contribution in [3.05, 3.63) is 53.6 Å². The summed E-state index contributed by atoms with van der Waals surface area (Å²) in [6.45, 7) is 11.3. The molecule has 210 valence electrons. The number of hydrogen-bond acceptors (Lipinski definition) is 8. The van der Waals surface area contributed by atoms with Crippen molar-refractivity contribution < 1.29 is 31.7 Å². The van der Waals surface area contributed by atoms with Crippen LogP contribution in [-0.4, -0.2) is 64.6 Å². The number of hydrogen-bond donors (Lipinski definition) is 0. The maximum atomic E-state index is 13.5. The molecule has 0 aliphatic rings. The molecule has 0 unspecified atom stereocenters. The predicted molar refractivity (Wildman–Crippen MR) is 147 cm³/mol. The van der Waals surface area contributed by atoms with Crippen molar-refractivity contribution in [2.45, 2.75) is 64.9 Å². The fourth-order valence-electron chi connectivity index (χ4n) is 3.89. The van der Waals surface area contributed by atoms with Crippen LogP contribution >= 0.6 is 0 Å². The molecule has 0 aliphatic carbocycles. The summed E-state index contributed by atoms with van der Waals surface area (Å²) in [6.07, 6.45) is 1.51. The average molecular weight is 549 g/mol. The first-order valence-electron chi connectivity index (χ1n) is 13.0. The third kappa shape index (κ3) is 8.19. The molecule has 0 aromatic heterocycles. The zero-order chi connectivity index (χ0) is 28.3. The number of methoxy groups -OCH3 is 1. The predicted octanol–water partition coefficient (Wildman–Crippen LogP) is 4.64. The molecule has 2 rings (SSSR count). The standard InChI is InChI=1S/C28H40N2O7S/c1-7-10-17-36-28(32)24-13-11-12-14-26(24)38(33,34)37-25-18-23(29(8-2)9-3)16-15-22(25)19-30(21(4)5)27(31)20-35-6/h11-16,18,21H,7-10,17,19-20H2,1-6H3. The maximum absolute atomic E-state index is 13.5. The Kier molecular flexibility index (Phi) is 12.1. The number of carbonyl (C=O) groups excluding carboxylic acids is 2. The van der Waals surface area contributed by atoms with Crippen LogP contribution in [0.15, 0.2) is 47.4 Å². The molecule has 0 saturated heterocycles. The minimum absolute atomic E-state index is 0.0828. The highest BCUT2D eigenvalue weighted by atomic mass is 32.2. The second-order valence-electron chi connectivity index (χ2n) is 9.04. The van der Waals surface area contributed by atoms with Crippen LogP contribution in [0.2, 0.25) is 0 Å². The third-order valence-corrected chi connectivity index (χ3v) is 7.33. The minimum atomic E-state index is -4.43. The van der Waals surface area contributed by atoms with Gasteiger partial charge in [0.15, 0.2) is 0 Å². The fourth-order valence-corrected chi connectivity index (χ4v) is 5.04. The van der Waals surface area contributed by atoms with Gasteiger partial charge in [-0.25, -0.2) is 4.79 Å². The second-order valence-corrected chi connectivity index (χ2v) is 10.6. The number of anilines is 1. The van der Waals surface area contributed by atoms with E-state index in [1.165, 1.54) is 25.3 Å². The van der Waals surface area contributed by atoms with Crippen LogP contribution in [0, 0.1) is 0 Å². The Labute approximate surface area is 226 Å². The number of esters is 1. The SMILES string of the molecule is CCCCOC(=O)c1ccccc1S(=O)(=O)Oc1cc(N(CC)CC)ccc1CN(C(=O)COC)C(C)C. The van der Waals surface area contributed by atoms with Gasteiger partial charge >= 0.3 is 16.1 Å². The van der Waals surface area contributed by atoms with E-state index in [2.05, 4.69) is 4.90 Å². The van der Waals surface area contributed by atoms with Crippen LogP contribution in [0.1, 0.15) is 63.4 Å². The first-order chi connectivity index (χ1) is 18.1. The summed E-state index contributed by atoms with van der Waals surface area (Å²) in [7, 11) is -2.99. The second kappa shape index (κ2) is 14.7. The minimum Gasteiger partial charge on any atom is -0.462 e. The van der Waals surface area contributed by atoms with Gasteiger partial charge in [-0.1, -0.05) is 31.5 Å². The Bertz CT molecular complexity index is 1180. The van der Waals surface area contributed by atoms with Crippen molar-refractivity contribution in [1.29, 1.82) is 0 Å². The zero-order valence-corrected chi connectivity index (χ0v) is 24.0. The Morgan fingerprint density at radius 1 is 1.00 bits per heavy atom. The molecule has 0 spiro atoms. The monoisotopic (exact) mass is 548 g/mol. The van der Waals surface area contributed by atoms with Crippen molar-refractivity contribution in [3.8, 4) is 5.75 Å². The van der Waals surface area contributed by atoms with Gasteiger partial charge in [0, 0.05) is 50.1 Å². The topological polar surface area (TPSA) is 102 Å². The summed E-state index contributed by atoms with van der Waals surface area (Å²) >= 11 is 0. The fraction of sp³-hybridized carbons (Fsp3) is 0.500. The Hall–Kier alpha value is -3.11. The Morgan fingerprint density at radius 2 is 1.68 bits per heavy atom. The quantitative estimate of drug-likeness (QED) is 0.180. The van der Waals surface area contributed by atoms with E-state index in [-0.39, 0.29) is 47.9 Å². The van der Waals surface area contributed by atoms with Crippen LogP contribution in [0.25, 0.3) is 0 Å². The van der Waals surface area contributed by atoms with E-state index in [0.717, 1.165) is 12.1 Å². The van der Waals surface area contributed by atoms with Gasteiger partial charge in [-0.15, -0.1) is 0 Å². The number of unbranched alkanes of at least 4 members (excludes halogenated alkanes) is 1. The molecular weight excluding hydrogens is 508 g/mol. The van der Waals surface area contributed by atoms with E-state index < -0.39 is 16.1 Å². The van der Waals surface area contributed by atoms with Crippen molar-refractivity contribution in [3.63, 3.8) is 0 Å². The molecule has 0 atom stereocenters. The van der Waals surface area contributed by atoms with E-state index in [1.54, 1.807) is 23.1 Å². The molecule has 38 heavy (non-hydrogen) atoms. The average Bonchev–Trinajstić information content (AvgIpc) is 2.88. The first kappa shape index (κ1) is 31.1. The smallest absolute Gasteiger partial charge is 0.340 e. The molecule has 0 N–H and O–H groups in total. The van der Waals surface area contributed by atoms with Crippen molar-refractivity contribution >= 4 is 27.7 Å². The molecule has 0 bridgehead atoms. The Morgan fingerprint density at radius 3 is 2.29 bits per heavy atom. The van der Waals surface area contributed by atoms with E-state index >= 15 is 0 Å². The van der Waals surface area contributed by atoms with Crippen LogP contribution in [-0.2, 0) is 30.9 Å². The van der Waals surface area contributed by atoms with Crippen LogP contribution in [0.4, 0.5) is 5.69 Å². The molecular formula is C28H40N2O7S. The zero-order valence-electron chi connectivity index (χ0n) is 23.2. The van der Waals surface area contributed by atoms with E-state index in [4.69, 9.17) is 13.7 Å². The lowest BCUT2D eigenvalue weighted by Crippen LogP contribution is -2.38. The Balaban J connectivity index is 2.53. The highest BCUT2D eigenvalue weighted by molar-refractivity contribution is 7.87. The first-order valence-corrected chi connectivity index (χ1v) is 14.4. The molecule has 0 radical (unpaired) electrons. The molecule has 0 heterocycles. The molecule has 2 aromatic rings.